The molecule has 1 heterocycles. The topological polar surface area (TPSA) is 9.23 Å². The Balaban J connectivity index is 1.23. The first-order valence-electron chi connectivity index (χ1n) is 16.0. The van der Waals surface area contributed by atoms with E-state index in [-0.39, 0.29) is 0 Å². The molecule has 0 saturated carbocycles. The third-order valence-corrected chi connectivity index (χ3v) is 10.7. The van der Waals surface area contributed by atoms with E-state index in [1.165, 1.54) is 82.7 Å². The van der Waals surface area contributed by atoms with Gasteiger partial charge in [-0.1, -0.05) is 140 Å². The van der Waals surface area contributed by atoms with Gasteiger partial charge in [0.2, 0.25) is 0 Å². The van der Waals surface area contributed by atoms with Crippen LogP contribution in [0.5, 0.6) is 11.5 Å². The van der Waals surface area contributed by atoms with E-state index in [1.54, 1.807) is 0 Å². The SMILES string of the molecule is c1ccc2c(c1)-c1ccc3ccccc3c1C21c2ccccc2-c2c(-c3ccc4c(c3)-c3cccc5cccc(c35)O4)cccc21. The van der Waals surface area contributed by atoms with Crippen LogP contribution in [0.2, 0.25) is 0 Å². The van der Waals surface area contributed by atoms with Crippen LogP contribution in [0.3, 0.4) is 0 Å². The number of ether oxygens (including phenoxy) is 1. The predicted molar refractivity (Wildman–Crippen MR) is 189 cm³/mol. The molecular formula is C45H26O. The molecule has 1 unspecified atom stereocenters. The molecule has 1 heteroatoms. The van der Waals surface area contributed by atoms with Gasteiger partial charge >= 0.3 is 0 Å². The van der Waals surface area contributed by atoms with Gasteiger partial charge in [-0.2, -0.15) is 0 Å². The highest BCUT2D eigenvalue weighted by Gasteiger charge is 2.52. The van der Waals surface area contributed by atoms with E-state index in [1.807, 2.05) is 0 Å². The first kappa shape index (κ1) is 24.4. The van der Waals surface area contributed by atoms with Crippen molar-refractivity contribution < 1.29 is 4.74 Å². The van der Waals surface area contributed by atoms with E-state index in [2.05, 4.69) is 158 Å². The van der Waals surface area contributed by atoms with Gasteiger partial charge in [0.1, 0.15) is 11.5 Å². The van der Waals surface area contributed by atoms with Gasteiger partial charge in [-0.3, -0.25) is 0 Å². The number of rotatable bonds is 1. The van der Waals surface area contributed by atoms with Crippen LogP contribution in [-0.4, -0.2) is 0 Å². The average Bonchev–Trinajstić information content (AvgIpc) is 3.59. The Bertz CT molecular complexity index is 2620. The monoisotopic (exact) mass is 582 g/mol. The fourth-order valence-corrected chi connectivity index (χ4v) is 8.94. The molecule has 11 rings (SSSR count). The molecular weight excluding hydrogens is 556 g/mol. The Kier molecular flexibility index (Phi) is 4.57. The smallest absolute Gasteiger partial charge is 0.135 e. The van der Waals surface area contributed by atoms with Crippen molar-refractivity contribution >= 4 is 21.5 Å². The minimum absolute atomic E-state index is 0.406. The van der Waals surface area contributed by atoms with Gasteiger partial charge in [-0.05, 0) is 95.6 Å². The molecule has 0 amide bonds. The van der Waals surface area contributed by atoms with E-state index in [0.717, 1.165) is 17.1 Å². The van der Waals surface area contributed by atoms with Crippen LogP contribution in [0.15, 0.2) is 158 Å². The van der Waals surface area contributed by atoms with Crippen molar-refractivity contribution in [3.8, 4) is 56.0 Å². The minimum atomic E-state index is -0.406. The number of fused-ring (bicyclic) bond motifs is 14. The summed E-state index contributed by atoms with van der Waals surface area (Å²) >= 11 is 0. The largest absolute Gasteiger partial charge is 0.456 e. The summed E-state index contributed by atoms with van der Waals surface area (Å²) in [5, 5.41) is 4.98. The molecule has 0 fully saturated rings. The third kappa shape index (κ3) is 2.87. The summed E-state index contributed by atoms with van der Waals surface area (Å²) in [6, 6.07) is 58.3. The van der Waals surface area contributed by atoms with Gasteiger partial charge in [0.05, 0.1) is 5.41 Å². The molecule has 0 N–H and O–H groups in total. The molecule has 0 saturated heterocycles. The number of hydrogen-bond acceptors (Lipinski definition) is 1. The number of hydrogen-bond donors (Lipinski definition) is 0. The molecule has 8 aromatic carbocycles. The van der Waals surface area contributed by atoms with Crippen LogP contribution >= 0.6 is 0 Å². The van der Waals surface area contributed by atoms with Crippen molar-refractivity contribution in [2.75, 3.05) is 0 Å². The van der Waals surface area contributed by atoms with Gasteiger partial charge in [-0.15, -0.1) is 0 Å². The van der Waals surface area contributed by atoms with Gasteiger partial charge in [0.15, 0.2) is 0 Å². The number of benzene rings is 8. The lowest BCUT2D eigenvalue weighted by molar-refractivity contribution is 0.487. The van der Waals surface area contributed by atoms with E-state index in [4.69, 9.17) is 4.74 Å². The standard InChI is InChI=1S/C45H26O/c1-2-13-31-27(10-1)22-24-34-32-14-3-5-18-37(32)45(44(31)34)38-19-6-4-15-35(38)43-30(16-9-20-39(43)45)29-23-25-40-36(26-29)33-17-7-11-28-12-8-21-41(46-40)42(28)33/h1-26H. The van der Waals surface area contributed by atoms with Crippen LogP contribution in [0.4, 0.5) is 0 Å². The van der Waals surface area contributed by atoms with Crippen molar-refractivity contribution in [3.63, 3.8) is 0 Å². The van der Waals surface area contributed by atoms with Crippen LogP contribution in [0, 0.1) is 0 Å². The van der Waals surface area contributed by atoms with E-state index >= 15 is 0 Å². The average molecular weight is 583 g/mol. The summed E-state index contributed by atoms with van der Waals surface area (Å²) in [7, 11) is 0. The summed E-state index contributed by atoms with van der Waals surface area (Å²) in [5.74, 6) is 1.83. The lowest BCUT2D eigenvalue weighted by atomic mass is 9.69. The zero-order valence-corrected chi connectivity index (χ0v) is 24.9. The molecule has 0 aromatic heterocycles. The Morgan fingerprint density at radius 2 is 1.07 bits per heavy atom. The van der Waals surface area contributed by atoms with Gasteiger partial charge in [0, 0.05) is 10.9 Å². The minimum Gasteiger partial charge on any atom is -0.456 e. The maximum Gasteiger partial charge on any atom is 0.135 e. The molecule has 1 nitrogen and oxygen atoms in total. The lowest BCUT2D eigenvalue weighted by Gasteiger charge is -2.31. The van der Waals surface area contributed by atoms with Gasteiger partial charge in [-0.25, -0.2) is 0 Å². The summed E-state index contributed by atoms with van der Waals surface area (Å²) < 4.78 is 6.48. The maximum atomic E-state index is 6.48. The van der Waals surface area contributed by atoms with Gasteiger partial charge < -0.3 is 4.74 Å². The summed E-state index contributed by atoms with van der Waals surface area (Å²) in [6.45, 7) is 0. The molecule has 1 aliphatic heterocycles. The molecule has 1 spiro atoms. The summed E-state index contributed by atoms with van der Waals surface area (Å²) in [5.41, 5.74) is 15.2. The molecule has 8 aromatic rings. The zero-order valence-electron chi connectivity index (χ0n) is 24.9. The Morgan fingerprint density at radius 3 is 1.98 bits per heavy atom. The van der Waals surface area contributed by atoms with Crippen molar-refractivity contribution in [1.29, 1.82) is 0 Å². The van der Waals surface area contributed by atoms with Crippen molar-refractivity contribution in [1.82, 2.24) is 0 Å². The quantitative estimate of drug-likeness (QED) is 0.187. The maximum absolute atomic E-state index is 6.48. The van der Waals surface area contributed by atoms with Crippen LogP contribution in [0.1, 0.15) is 22.3 Å². The summed E-state index contributed by atoms with van der Waals surface area (Å²) in [6.07, 6.45) is 0. The molecule has 212 valence electrons. The van der Waals surface area contributed by atoms with Crippen LogP contribution < -0.4 is 4.74 Å². The molecule has 3 aliphatic rings. The second kappa shape index (κ2) is 8.62. The van der Waals surface area contributed by atoms with Gasteiger partial charge in [0.25, 0.3) is 0 Å². The fourth-order valence-electron chi connectivity index (χ4n) is 8.94. The molecule has 0 radical (unpaired) electrons. The first-order valence-corrected chi connectivity index (χ1v) is 16.0. The molecule has 1 atom stereocenters. The second-order valence-corrected chi connectivity index (χ2v) is 12.8. The molecule has 46 heavy (non-hydrogen) atoms. The van der Waals surface area contributed by atoms with Crippen LogP contribution in [-0.2, 0) is 5.41 Å². The van der Waals surface area contributed by atoms with Crippen molar-refractivity contribution in [2.24, 2.45) is 0 Å². The lowest BCUT2D eigenvalue weighted by Crippen LogP contribution is -2.26. The van der Waals surface area contributed by atoms with E-state index in [9.17, 15) is 0 Å². The second-order valence-electron chi connectivity index (χ2n) is 12.8. The molecule has 2 aliphatic carbocycles. The summed E-state index contributed by atoms with van der Waals surface area (Å²) in [4.78, 5) is 0. The third-order valence-electron chi connectivity index (χ3n) is 10.7. The highest BCUT2D eigenvalue weighted by molar-refractivity contribution is 6.07. The highest BCUT2D eigenvalue weighted by atomic mass is 16.5. The van der Waals surface area contributed by atoms with Crippen molar-refractivity contribution in [3.05, 3.63) is 180 Å². The highest BCUT2D eigenvalue weighted by Crippen LogP contribution is 2.65. The van der Waals surface area contributed by atoms with E-state index in [0.29, 0.717) is 0 Å². The van der Waals surface area contributed by atoms with Crippen LogP contribution in [0.25, 0.3) is 66.1 Å². The first-order chi connectivity index (χ1) is 22.8. The fraction of sp³-hybridized carbons (Fsp3) is 0.0222. The Morgan fingerprint density at radius 1 is 0.391 bits per heavy atom. The normalized spacial score (nSPS) is 16.1. The Labute approximate surface area is 267 Å². The van der Waals surface area contributed by atoms with E-state index < -0.39 is 5.41 Å². The predicted octanol–water partition coefficient (Wildman–Crippen LogP) is 11.8. The Hall–Kier alpha value is -5.92. The van der Waals surface area contributed by atoms with Crippen molar-refractivity contribution in [2.45, 2.75) is 5.41 Å². The zero-order chi connectivity index (χ0) is 30.0. The molecule has 0 bridgehead atoms.